The number of hydrogen-bond donors (Lipinski definition) is 0. The van der Waals surface area contributed by atoms with Crippen molar-refractivity contribution in [3.05, 3.63) is 11.7 Å². The van der Waals surface area contributed by atoms with E-state index >= 15 is 0 Å². The zero-order valence-corrected chi connectivity index (χ0v) is 12.6. The van der Waals surface area contributed by atoms with Crippen LogP contribution in [0.4, 0.5) is 0 Å². The lowest BCUT2D eigenvalue weighted by molar-refractivity contribution is -0.0957. The minimum atomic E-state index is -0.404. The molecule has 1 heterocycles. The van der Waals surface area contributed by atoms with Crippen LogP contribution in [0.25, 0.3) is 0 Å². The van der Waals surface area contributed by atoms with Crippen molar-refractivity contribution >= 4 is 0 Å². The van der Waals surface area contributed by atoms with Crippen LogP contribution < -0.4 is 0 Å². The summed E-state index contributed by atoms with van der Waals surface area (Å²) in [6.45, 7) is 7.22. The fraction of sp³-hybridized carbons (Fsp3) is 0.800. The monoisotopic (exact) mass is 277 g/mol. The highest BCUT2D eigenvalue weighted by atomic mass is 16.5. The molecule has 0 saturated heterocycles. The summed E-state index contributed by atoms with van der Waals surface area (Å²) in [6.07, 6.45) is 4.94. The van der Waals surface area contributed by atoms with E-state index in [1.54, 1.807) is 0 Å². The van der Waals surface area contributed by atoms with Gasteiger partial charge in [-0.3, -0.25) is 0 Å². The van der Waals surface area contributed by atoms with Crippen LogP contribution in [0.3, 0.4) is 0 Å². The second-order valence-electron chi connectivity index (χ2n) is 6.26. The van der Waals surface area contributed by atoms with Gasteiger partial charge in [-0.2, -0.15) is 10.2 Å². The van der Waals surface area contributed by atoms with Crippen molar-refractivity contribution in [2.24, 2.45) is 5.41 Å². The highest BCUT2D eigenvalue weighted by molar-refractivity contribution is 5.05. The van der Waals surface area contributed by atoms with Gasteiger partial charge in [0.05, 0.1) is 6.07 Å². The molecule has 5 heteroatoms. The van der Waals surface area contributed by atoms with Crippen molar-refractivity contribution in [1.82, 2.24) is 10.1 Å². The molecule has 1 saturated carbocycles. The van der Waals surface area contributed by atoms with Gasteiger partial charge in [-0.05, 0) is 38.0 Å². The third-order valence-electron chi connectivity index (χ3n) is 4.16. The SMILES string of the molecule is CCOC1(c2noc(CCC#N)n2)CCC(C)(C)CC1. The maximum atomic E-state index is 8.61. The largest absolute Gasteiger partial charge is 0.367 e. The van der Waals surface area contributed by atoms with Crippen LogP contribution in [0.1, 0.15) is 64.6 Å². The Labute approximate surface area is 120 Å². The number of nitrogens with zero attached hydrogens (tertiary/aromatic N) is 3. The summed E-state index contributed by atoms with van der Waals surface area (Å²) < 4.78 is 11.3. The van der Waals surface area contributed by atoms with Crippen LogP contribution in [-0.2, 0) is 16.8 Å². The fourth-order valence-corrected chi connectivity index (χ4v) is 2.74. The second-order valence-corrected chi connectivity index (χ2v) is 6.26. The molecule has 1 aromatic rings. The Bertz CT molecular complexity index is 478. The Hall–Kier alpha value is -1.41. The number of ether oxygens (including phenoxy) is 1. The predicted molar refractivity (Wildman–Crippen MR) is 73.8 cm³/mol. The van der Waals surface area contributed by atoms with Gasteiger partial charge in [0, 0.05) is 19.4 Å². The molecule has 0 bridgehead atoms. The van der Waals surface area contributed by atoms with Gasteiger partial charge in [0.2, 0.25) is 11.7 Å². The zero-order chi connectivity index (χ0) is 14.6. The maximum Gasteiger partial charge on any atom is 0.227 e. The third kappa shape index (κ3) is 3.18. The Morgan fingerprint density at radius 3 is 2.60 bits per heavy atom. The van der Waals surface area contributed by atoms with Crippen molar-refractivity contribution in [3.63, 3.8) is 0 Å². The minimum absolute atomic E-state index is 0.355. The molecule has 0 radical (unpaired) electrons. The van der Waals surface area contributed by atoms with E-state index in [1.165, 1.54) is 0 Å². The topological polar surface area (TPSA) is 71.9 Å². The zero-order valence-electron chi connectivity index (χ0n) is 12.6. The second kappa shape index (κ2) is 5.92. The quantitative estimate of drug-likeness (QED) is 0.825. The molecular formula is C15H23N3O2. The first-order valence-electron chi connectivity index (χ1n) is 7.35. The molecule has 2 rings (SSSR count). The number of hydrogen-bond acceptors (Lipinski definition) is 5. The first-order valence-corrected chi connectivity index (χ1v) is 7.35. The summed E-state index contributed by atoms with van der Waals surface area (Å²) in [5.74, 6) is 1.19. The van der Waals surface area contributed by atoms with E-state index in [4.69, 9.17) is 14.5 Å². The van der Waals surface area contributed by atoms with Crippen LogP contribution in [0.5, 0.6) is 0 Å². The predicted octanol–water partition coefficient (Wildman–Crippen LogP) is 3.36. The summed E-state index contributed by atoms with van der Waals surface area (Å²) >= 11 is 0. The smallest absolute Gasteiger partial charge is 0.227 e. The lowest BCUT2D eigenvalue weighted by Crippen LogP contribution is -2.38. The minimum Gasteiger partial charge on any atom is -0.367 e. The van der Waals surface area contributed by atoms with Crippen LogP contribution in [0, 0.1) is 16.7 Å². The van der Waals surface area contributed by atoms with E-state index in [9.17, 15) is 0 Å². The molecule has 0 amide bonds. The number of rotatable bonds is 5. The van der Waals surface area contributed by atoms with Gasteiger partial charge in [-0.15, -0.1) is 0 Å². The molecule has 1 aromatic heterocycles. The van der Waals surface area contributed by atoms with Crippen molar-refractivity contribution in [2.75, 3.05) is 6.61 Å². The van der Waals surface area contributed by atoms with E-state index in [0.717, 1.165) is 25.7 Å². The van der Waals surface area contributed by atoms with Gasteiger partial charge >= 0.3 is 0 Å². The average Bonchev–Trinajstić information content (AvgIpc) is 2.89. The molecule has 5 nitrogen and oxygen atoms in total. The molecule has 0 unspecified atom stereocenters. The average molecular weight is 277 g/mol. The Kier molecular flexibility index (Phi) is 4.44. The van der Waals surface area contributed by atoms with E-state index in [-0.39, 0.29) is 0 Å². The normalized spacial score (nSPS) is 20.5. The molecule has 0 N–H and O–H groups in total. The summed E-state index contributed by atoms with van der Waals surface area (Å²) in [5, 5.41) is 12.7. The van der Waals surface area contributed by atoms with Gasteiger partial charge in [0.25, 0.3) is 0 Å². The third-order valence-corrected chi connectivity index (χ3v) is 4.16. The molecular weight excluding hydrogens is 254 g/mol. The van der Waals surface area contributed by atoms with Crippen molar-refractivity contribution < 1.29 is 9.26 Å². The lowest BCUT2D eigenvalue weighted by atomic mass is 9.70. The van der Waals surface area contributed by atoms with Crippen LogP contribution in [-0.4, -0.2) is 16.7 Å². The maximum absolute atomic E-state index is 8.61. The first-order chi connectivity index (χ1) is 9.51. The van der Waals surface area contributed by atoms with Crippen molar-refractivity contribution in [1.29, 1.82) is 5.26 Å². The van der Waals surface area contributed by atoms with E-state index in [2.05, 4.69) is 30.1 Å². The molecule has 0 spiro atoms. The summed E-state index contributed by atoms with van der Waals surface area (Å²) in [4.78, 5) is 4.46. The Morgan fingerprint density at radius 1 is 1.30 bits per heavy atom. The number of aryl methyl sites for hydroxylation is 1. The molecule has 110 valence electrons. The Morgan fingerprint density at radius 2 is 2.00 bits per heavy atom. The highest BCUT2D eigenvalue weighted by Gasteiger charge is 2.43. The van der Waals surface area contributed by atoms with E-state index in [0.29, 0.717) is 36.6 Å². The van der Waals surface area contributed by atoms with Gasteiger partial charge in [-0.1, -0.05) is 19.0 Å². The molecule has 0 aliphatic heterocycles. The summed E-state index contributed by atoms with van der Waals surface area (Å²) in [5.41, 5.74) is -0.0490. The van der Waals surface area contributed by atoms with Gasteiger partial charge in [-0.25, -0.2) is 0 Å². The fourth-order valence-electron chi connectivity index (χ4n) is 2.74. The highest BCUT2D eigenvalue weighted by Crippen LogP contribution is 2.46. The first kappa shape index (κ1) is 15.0. The lowest BCUT2D eigenvalue weighted by Gasteiger charge is -2.41. The molecule has 0 atom stereocenters. The van der Waals surface area contributed by atoms with Crippen molar-refractivity contribution in [2.45, 2.75) is 64.9 Å². The van der Waals surface area contributed by atoms with Crippen molar-refractivity contribution in [3.8, 4) is 6.07 Å². The number of aromatic nitrogens is 2. The van der Waals surface area contributed by atoms with Gasteiger partial charge in [0.1, 0.15) is 5.60 Å². The standard InChI is InChI=1S/C15H23N3O2/c1-4-19-15(9-7-14(2,3)8-10-15)13-17-12(20-18-13)6-5-11-16/h4-10H2,1-3H3. The van der Waals surface area contributed by atoms with Crippen LogP contribution in [0.15, 0.2) is 4.52 Å². The van der Waals surface area contributed by atoms with Gasteiger partial charge in [0.15, 0.2) is 0 Å². The van der Waals surface area contributed by atoms with E-state index < -0.39 is 5.60 Å². The van der Waals surface area contributed by atoms with E-state index in [1.807, 2.05) is 6.92 Å². The molecule has 20 heavy (non-hydrogen) atoms. The van der Waals surface area contributed by atoms with Crippen LogP contribution >= 0.6 is 0 Å². The van der Waals surface area contributed by atoms with Gasteiger partial charge < -0.3 is 9.26 Å². The molecule has 1 aliphatic rings. The molecule has 0 aromatic carbocycles. The summed E-state index contributed by atoms with van der Waals surface area (Å²) in [6, 6.07) is 2.09. The molecule has 1 aliphatic carbocycles. The number of nitriles is 1. The van der Waals surface area contributed by atoms with Crippen LogP contribution in [0.2, 0.25) is 0 Å². The Balaban J connectivity index is 2.16. The summed E-state index contributed by atoms with van der Waals surface area (Å²) in [7, 11) is 0. The molecule has 1 fully saturated rings.